The van der Waals surface area contributed by atoms with Crippen LogP contribution in [0.1, 0.15) is 70.9 Å². The van der Waals surface area contributed by atoms with Crippen LogP contribution in [0, 0.1) is 0 Å². The van der Waals surface area contributed by atoms with E-state index in [0.717, 1.165) is 6.42 Å². The second kappa shape index (κ2) is 8.98. The van der Waals surface area contributed by atoms with E-state index in [9.17, 15) is 5.11 Å². The maximum atomic E-state index is 9.37. The van der Waals surface area contributed by atoms with Crippen molar-refractivity contribution in [3.63, 3.8) is 0 Å². The third-order valence-corrected chi connectivity index (χ3v) is 3.68. The Morgan fingerprint density at radius 2 is 1.68 bits per heavy atom. The summed E-state index contributed by atoms with van der Waals surface area (Å²) in [5.41, 5.74) is 1.28. The molecule has 0 radical (unpaired) electrons. The molecule has 2 N–H and O–H groups in total. The zero-order valence-corrected chi connectivity index (χ0v) is 12.7. The molecule has 108 valence electrons. The molecule has 1 aromatic rings. The molecule has 0 aliphatic heterocycles. The summed E-state index contributed by atoms with van der Waals surface area (Å²) in [7, 11) is 0. The minimum Gasteiger partial charge on any atom is -0.508 e. The summed E-state index contributed by atoms with van der Waals surface area (Å²) in [5.74, 6) is 0.342. The molecule has 2 atom stereocenters. The van der Waals surface area contributed by atoms with E-state index in [0.29, 0.717) is 17.8 Å². The van der Waals surface area contributed by atoms with Gasteiger partial charge in [0.05, 0.1) is 0 Å². The van der Waals surface area contributed by atoms with Gasteiger partial charge >= 0.3 is 0 Å². The highest BCUT2D eigenvalue weighted by Crippen LogP contribution is 2.21. The van der Waals surface area contributed by atoms with Gasteiger partial charge in [-0.2, -0.15) is 0 Å². The van der Waals surface area contributed by atoms with Crippen molar-refractivity contribution in [1.82, 2.24) is 5.32 Å². The van der Waals surface area contributed by atoms with Gasteiger partial charge in [-0.25, -0.2) is 0 Å². The molecule has 1 aromatic carbocycles. The third-order valence-electron chi connectivity index (χ3n) is 3.68. The molecule has 0 aliphatic carbocycles. The van der Waals surface area contributed by atoms with Gasteiger partial charge in [0.15, 0.2) is 0 Å². The van der Waals surface area contributed by atoms with Crippen molar-refractivity contribution in [2.24, 2.45) is 0 Å². The van der Waals surface area contributed by atoms with Gasteiger partial charge in [-0.1, -0.05) is 52.2 Å². The second-order valence-corrected chi connectivity index (χ2v) is 5.35. The first-order chi connectivity index (χ1) is 9.21. The predicted octanol–water partition coefficient (Wildman–Crippen LogP) is 4.79. The van der Waals surface area contributed by atoms with E-state index in [4.69, 9.17) is 0 Å². The molecular weight excluding hydrogens is 234 g/mol. The van der Waals surface area contributed by atoms with Gasteiger partial charge in [0.1, 0.15) is 5.75 Å². The summed E-state index contributed by atoms with van der Waals surface area (Å²) in [6, 6.07) is 8.62. The largest absolute Gasteiger partial charge is 0.508 e. The fraction of sp³-hybridized carbons (Fsp3) is 0.647. The maximum Gasteiger partial charge on any atom is 0.115 e. The Hall–Kier alpha value is -1.02. The van der Waals surface area contributed by atoms with Gasteiger partial charge in [-0.05, 0) is 37.0 Å². The lowest BCUT2D eigenvalue weighted by molar-refractivity contribution is 0.376. The number of rotatable bonds is 9. The summed E-state index contributed by atoms with van der Waals surface area (Å²) < 4.78 is 0. The number of phenolic OH excluding ortho intramolecular Hbond substituents is 1. The van der Waals surface area contributed by atoms with Crippen LogP contribution in [0.3, 0.4) is 0 Å². The Morgan fingerprint density at radius 3 is 2.21 bits per heavy atom. The fourth-order valence-corrected chi connectivity index (χ4v) is 2.55. The Labute approximate surface area is 118 Å². The predicted molar refractivity (Wildman–Crippen MR) is 82.5 cm³/mol. The van der Waals surface area contributed by atoms with Crippen LogP contribution in [0.15, 0.2) is 24.3 Å². The first kappa shape index (κ1) is 16.0. The van der Waals surface area contributed by atoms with Gasteiger partial charge in [0.25, 0.3) is 0 Å². The van der Waals surface area contributed by atoms with Crippen LogP contribution in [0.25, 0.3) is 0 Å². The first-order valence-electron chi connectivity index (χ1n) is 7.76. The average molecular weight is 263 g/mol. The van der Waals surface area contributed by atoms with Crippen LogP contribution < -0.4 is 5.32 Å². The number of hydrogen-bond donors (Lipinski definition) is 2. The number of hydrogen-bond acceptors (Lipinski definition) is 2. The highest BCUT2D eigenvalue weighted by Gasteiger charge is 2.14. The quantitative estimate of drug-likeness (QED) is 0.671. The van der Waals surface area contributed by atoms with Crippen molar-refractivity contribution < 1.29 is 5.11 Å². The summed E-state index contributed by atoms with van der Waals surface area (Å²) in [6.45, 7) is 6.72. The molecule has 19 heavy (non-hydrogen) atoms. The van der Waals surface area contributed by atoms with Crippen LogP contribution in [0.4, 0.5) is 0 Å². The minimum atomic E-state index is 0.342. The smallest absolute Gasteiger partial charge is 0.115 e. The highest BCUT2D eigenvalue weighted by atomic mass is 16.3. The number of unbranched alkanes of at least 4 members (excludes halogenated alkanes) is 1. The molecule has 0 spiro atoms. The lowest BCUT2D eigenvalue weighted by atomic mass is 9.99. The monoisotopic (exact) mass is 263 g/mol. The molecule has 0 bridgehead atoms. The molecule has 0 amide bonds. The van der Waals surface area contributed by atoms with E-state index >= 15 is 0 Å². The summed E-state index contributed by atoms with van der Waals surface area (Å²) >= 11 is 0. The molecule has 0 heterocycles. The molecule has 0 fully saturated rings. The van der Waals surface area contributed by atoms with Gasteiger partial charge < -0.3 is 10.4 Å². The minimum absolute atomic E-state index is 0.342. The molecule has 2 nitrogen and oxygen atoms in total. The molecule has 0 aliphatic rings. The second-order valence-electron chi connectivity index (χ2n) is 5.35. The van der Waals surface area contributed by atoms with Crippen LogP contribution >= 0.6 is 0 Å². The van der Waals surface area contributed by atoms with Gasteiger partial charge in [0, 0.05) is 12.1 Å². The lowest BCUT2D eigenvalue weighted by Crippen LogP contribution is -2.32. The molecule has 0 saturated heterocycles. The van der Waals surface area contributed by atoms with E-state index in [1.807, 2.05) is 12.1 Å². The van der Waals surface area contributed by atoms with Gasteiger partial charge in [0.2, 0.25) is 0 Å². The van der Waals surface area contributed by atoms with Crippen molar-refractivity contribution in [2.45, 2.75) is 71.4 Å². The zero-order chi connectivity index (χ0) is 14.1. The molecule has 0 saturated carbocycles. The van der Waals surface area contributed by atoms with Gasteiger partial charge in [-0.3, -0.25) is 0 Å². The van der Waals surface area contributed by atoms with Crippen molar-refractivity contribution in [1.29, 1.82) is 0 Å². The summed E-state index contributed by atoms with van der Waals surface area (Å²) in [5, 5.41) is 13.2. The normalized spacial score (nSPS) is 14.3. The van der Waals surface area contributed by atoms with Crippen molar-refractivity contribution >= 4 is 0 Å². The SMILES string of the molecule is CCCCC(CCC)NC(CC)c1ccc(O)cc1. The number of nitrogens with one attached hydrogen (secondary N) is 1. The Morgan fingerprint density at radius 1 is 1.00 bits per heavy atom. The van der Waals surface area contributed by atoms with Crippen molar-refractivity contribution in [2.75, 3.05) is 0 Å². The third kappa shape index (κ3) is 5.65. The standard InChI is InChI=1S/C17H29NO/c1-4-7-9-15(8-5-2)18-17(6-3)14-10-12-16(19)13-11-14/h10-13,15,17-19H,4-9H2,1-3H3. The molecule has 2 unspecified atom stereocenters. The van der Waals surface area contributed by atoms with Gasteiger partial charge in [-0.15, -0.1) is 0 Å². The van der Waals surface area contributed by atoms with Crippen LogP contribution in [0.2, 0.25) is 0 Å². The average Bonchev–Trinajstić information content (AvgIpc) is 2.43. The fourth-order valence-electron chi connectivity index (χ4n) is 2.55. The Bertz CT molecular complexity index is 334. The molecule has 1 rings (SSSR count). The van der Waals surface area contributed by atoms with E-state index in [-0.39, 0.29) is 0 Å². The highest BCUT2D eigenvalue weighted by molar-refractivity contribution is 5.28. The Balaban J connectivity index is 2.64. The number of benzene rings is 1. The topological polar surface area (TPSA) is 32.3 Å². The first-order valence-corrected chi connectivity index (χ1v) is 7.76. The van der Waals surface area contributed by atoms with Crippen LogP contribution in [-0.2, 0) is 0 Å². The number of aromatic hydroxyl groups is 1. The molecular formula is C17H29NO. The maximum absolute atomic E-state index is 9.37. The van der Waals surface area contributed by atoms with E-state index in [1.54, 1.807) is 12.1 Å². The Kier molecular flexibility index (Phi) is 7.57. The molecule has 2 heteroatoms. The number of phenols is 1. The zero-order valence-electron chi connectivity index (χ0n) is 12.7. The van der Waals surface area contributed by atoms with E-state index in [1.165, 1.54) is 37.7 Å². The summed E-state index contributed by atoms with van der Waals surface area (Å²) in [6.07, 6.45) is 7.37. The van der Waals surface area contributed by atoms with Crippen molar-refractivity contribution in [3.8, 4) is 5.75 Å². The lowest BCUT2D eigenvalue weighted by Gasteiger charge is -2.25. The van der Waals surface area contributed by atoms with Crippen LogP contribution in [0.5, 0.6) is 5.75 Å². The van der Waals surface area contributed by atoms with E-state index in [2.05, 4.69) is 26.1 Å². The summed E-state index contributed by atoms with van der Waals surface area (Å²) in [4.78, 5) is 0. The molecule has 0 aromatic heterocycles. The van der Waals surface area contributed by atoms with Crippen molar-refractivity contribution in [3.05, 3.63) is 29.8 Å². The van der Waals surface area contributed by atoms with Crippen LogP contribution in [-0.4, -0.2) is 11.1 Å². The van der Waals surface area contributed by atoms with E-state index < -0.39 is 0 Å².